The van der Waals surface area contributed by atoms with Crippen LogP contribution >= 0.6 is 0 Å². The second kappa shape index (κ2) is 5.81. The summed E-state index contributed by atoms with van der Waals surface area (Å²) in [5, 5.41) is 0. The fraction of sp³-hybridized carbons (Fsp3) is 0.400. The molecule has 0 aromatic heterocycles. The number of nitrogens with one attached hydrogen (secondary N) is 1. The maximum absolute atomic E-state index is 13.1. The van der Waals surface area contributed by atoms with E-state index in [-0.39, 0.29) is 12.5 Å². The SMILES string of the molecule is NNCCCCc1c(F)c(F)cc(F)c1F. The van der Waals surface area contributed by atoms with E-state index in [1.54, 1.807) is 0 Å². The number of hydrogen-bond acceptors (Lipinski definition) is 2. The van der Waals surface area contributed by atoms with E-state index in [1.165, 1.54) is 0 Å². The van der Waals surface area contributed by atoms with Crippen LogP contribution in [0.5, 0.6) is 0 Å². The molecule has 0 radical (unpaired) electrons. The average Bonchev–Trinajstić information content (AvgIpc) is 2.25. The first-order valence-corrected chi connectivity index (χ1v) is 4.83. The van der Waals surface area contributed by atoms with Crippen molar-refractivity contribution in [3.63, 3.8) is 0 Å². The largest absolute Gasteiger partial charge is 0.271 e. The summed E-state index contributed by atoms with van der Waals surface area (Å²) < 4.78 is 51.8. The molecule has 0 atom stereocenters. The van der Waals surface area contributed by atoms with Crippen LogP contribution in [0, 0.1) is 23.3 Å². The Balaban J connectivity index is 2.78. The molecule has 0 amide bonds. The summed E-state index contributed by atoms with van der Waals surface area (Å²) in [4.78, 5) is 0. The van der Waals surface area contributed by atoms with E-state index in [1.807, 2.05) is 0 Å². The Labute approximate surface area is 90.4 Å². The average molecular weight is 236 g/mol. The van der Waals surface area contributed by atoms with Crippen molar-refractivity contribution in [3.05, 3.63) is 34.9 Å². The minimum absolute atomic E-state index is 0.0615. The third-order valence-corrected chi connectivity index (χ3v) is 2.20. The highest BCUT2D eigenvalue weighted by Gasteiger charge is 2.18. The third kappa shape index (κ3) is 2.93. The Morgan fingerprint density at radius 1 is 1.00 bits per heavy atom. The molecule has 1 aromatic rings. The van der Waals surface area contributed by atoms with Gasteiger partial charge in [-0.3, -0.25) is 11.3 Å². The van der Waals surface area contributed by atoms with E-state index >= 15 is 0 Å². The van der Waals surface area contributed by atoms with Gasteiger partial charge in [0.15, 0.2) is 23.3 Å². The topological polar surface area (TPSA) is 38.0 Å². The number of hydrazine groups is 1. The minimum Gasteiger partial charge on any atom is -0.271 e. The lowest BCUT2D eigenvalue weighted by atomic mass is 10.1. The molecule has 6 heteroatoms. The van der Waals surface area contributed by atoms with Crippen molar-refractivity contribution >= 4 is 0 Å². The Kier molecular flexibility index (Phi) is 4.70. The molecule has 90 valence electrons. The first kappa shape index (κ1) is 12.9. The lowest BCUT2D eigenvalue weighted by molar-refractivity contribution is 0.436. The van der Waals surface area contributed by atoms with Crippen molar-refractivity contribution in [2.45, 2.75) is 19.3 Å². The van der Waals surface area contributed by atoms with Gasteiger partial charge >= 0.3 is 0 Å². The van der Waals surface area contributed by atoms with Gasteiger partial charge in [0.05, 0.1) is 0 Å². The summed E-state index contributed by atoms with van der Waals surface area (Å²) in [5.41, 5.74) is 1.82. The van der Waals surface area contributed by atoms with Crippen LogP contribution in [0.25, 0.3) is 0 Å². The van der Waals surface area contributed by atoms with Gasteiger partial charge in [0.1, 0.15) is 0 Å². The van der Waals surface area contributed by atoms with Crippen LogP contribution in [0.2, 0.25) is 0 Å². The number of benzene rings is 1. The van der Waals surface area contributed by atoms with E-state index in [2.05, 4.69) is 5.43 Å². The van der Waals surface area contributed by atoms with Crippen LogP contribution in [-0.2, 0) is 6.42 Å². The molecule has 0 spiro atoms. The minimum atomic E-state index is -1.37. The second-order valence-electron chi connectivity index (χ2n) is 3.36. The molecule has 16 heavy (non-hydrogen) atoms. The number of nitrogens with two attached hydrogens (primary N) is 1. The summed E-state index contributed by atoms with van der Waals surface area (Å²) in [6, 6.07) is 0.204. The molecule has 1 aromatic carbocycles. The normalized spacial score (nSPS) is 10.8. The highest BCUT2D eigenvalue weighted by Crippen LogP contribution is 2.20. The molecule has 3 N–H and O–H groups in total. The van der Waals surface area contributed by atoms with Crippen molar-refractivity contribution < 1.29 is 17.6 Å². The van der Waals surface area contributed by atoms with Crippen LogP contribution in [0.15, 0.2) is 6.07 Å². The van der Waals surface area contributed by atoms with Crippen LogP contribution in [0.1, 0.15) is 18.4 Å². The first-order chi connectivity index (χ1) is 7.57. The summed E-state index contributed by atoms with van der Waals surface area (Å²) >= 11 is 0. The van der Waals surface area contributed by atoms with Crippen molar-refractivity contribution in [2.24, 2.45) is 5.84 Å². The maximum atomic E-state index is 13.1. The van der Waals surface area contributed by atoms with Gasteiger partial charge in [-0.15, -0.1) is 0 Å². The van der Waals surface area contributed by atoms with Gasteiger partial charge in [0, 0.05) is 18.2 Å². The zero-order valence-corrected chi connectivity index (χ0v) is 8.49. The number of unbranched alkanes of at least 4 members (excludes halogenated alkanes) is 1. The van der Waals surface area contributed by atoms with Crippen molar-refractivity contribution in [1.82, 2.24) is 5.43 Å². The molecule has 0 bridgehead atoms. The summed E-state index contributed by atoms with van der Waals surface area (Å²) in [6.45, 7) is 0.473. The van der Waals surface area contributed by atoms with Gasteiger partial charge in [-0.25, -0.2) is 17.6 Å². The van der Waals surface area contributed by atoms with E-state index < -0.39 is 28.8 Å². The molecule has 0 aliphatic rings. The lowest BCUT2D eigenvalue weighted by Crippen LogP contribution is -2.22. The molecule has 1 rings (SSSR count). The van der Waals surface area contributed by atoms with Gasteiger partial charge < -0.3 is 0 Å². The van der Waals surface area contributed by atoms with Gasteiger partial charge in [-0.1, -0.05) is 0 Å². The monoisotopic (exact) mass is 236 g/mol. The Morgan fingerprint density at radius 3 is 2.06 bits per heavy atom. The van der Waals surface area contributed by atoms with E-state index in [0.29, 0.717) is 19.4 Å². The fourth-order valence-corrected chi connectivity index (χ4v) is 1.37. The Hall–Kier alpha value is -1.14. The Morgan fingerprint density at radius 2 is 1.56 bits per heavy atom. The van der Waals surface area contributed by atoms with Crippen molar-refractivity contribution in [1.29, 1.82) is 0 Å². The first-order valence-electron chi connectivity index (χ1n) is 4.83. The highest BCUT2D eigenvalue weighted by atomic mass is 19.2. The zero-order chi connectivity index (χ0) is 12.1. The van der Waals surface area contributed by atoms with Gasteiger partial charge in [-0.2, -0.15) is 0 Å². The quantitative estimate of drug-likeness (QED) is 0.270. The van der Waals surface area contributed by atoms with E-state index in [4.69, 9.17) is 5.84 Å². The van der Waals surface area contributed by atoms with Gasteiger partial charge in [-0.05, 0) is 19.3 Å². The summed E-state index contributed by atoms with van der Waals surface area (Å²) in [5.74, 6) is -0.381. The van der Waals surface area contributed by atoms with Crippen LogP contribution in [-0.4, -0.2) is 6.54 Å². The standard InChI is InChI=1S/C10H12F4N2/c11-7-5-8(12)10(14)6(9(7)13)3-1-2-4-16-15/h5,16H,1-4,15H2. The molecule has 0 heterocycles. The molecule has 0 saturated carbocycles. The van der Waals surface area contributed by atoms with Crippen LogP contribution in [0.3, 0.4) is 0 Å². The van der Waals surface area contributed by atoms with Gasteiger partial charge in [0.25, 0.3) is 0 Å². The smallest absolute Gasteiger partial charge is 0.165 e. The molecular formula is C10H12F4N2. The third-order valence-electron chi connectivity index (χ3n) is 2.20. The highest BCUT2D eigenvalue weighted by molar-refractivity contribution is 5.22. The number of rotatable bonds is 5. The molecule has 2 nitrogen and oxygen atoms in total. The Bertz CT molecular complexity index is 342. The van der Waals surface area contributed by atoms with E-state index in [0.717, 1.165) is 0 Å². The predicted octanol–water partition coefficient (Wildman–Crippen LogP) is 2.03. The predicted molar refractivity (Wildman–Crippen MR) is 51.4 cm³/mol. The van der Waals surface area contributed by atoms with Crippen molar-refractivity contribution in [2.75, 3.05) is 6.54 Å². The van der Waals surface area contributed by atoms with Crippen LogP contribution in [0.4, 0.5) is 17.6 Å². The zero-order valence-electron chi connectivity index (χ0n) is 8.49. The van der Waals surface area contributed by atoms with Gasteiger partial charge in [0.2, 0.25) is 0 Å². The maximum Gasteiger partial charge on any atom is 0.165 e. The second-order valence-corrected chi connectivity index (χ2v) is 3.36. The molecule has 0 unspecified atom stereocenters. The van der Waals surface area contributed by atoms with Crippen LogP contribution < -0.4 is 11.3 Å². The number of halogens is 4. The lowest BCUT2D eigenvalue weighted by Gasteiger charge is -2.06. The molecule has 0 aliphatic carbocycles. The fourth-order valence-electron chi connectivity index (χ4n) is 1.37. The molecule has 0 saturated heterocycles. The summed E-state index contributed by atoms with van der Waals surface area (Å²) in [6.07, 6.45) is 0.891. The molecule has 0 aliphatic heterocycles. The number of hydrogen-bond donors (Lipinski definition) is 2. The summed E-state index contributed by atoms with van der Waals surface area (Å²) in [7, 11) is 0. The van der Waals surface area contributed by atoms with Crippen molar-refractivity contribution in [3.8, 4) is 0 Å². The molecule has 0 fully saturated rings. The molecular weight excluding hydrogens is 224 g/mol. The van der Waals surface area contributed by atoms with E-state index in [9.17, 15) is 17.6 Å².